The summed E-state index contributed by atoms with van der Waals surface area (Å²) in [5.41, 5.74) is 1.86. The lowest BCUT2D eigenvalue weighted by Gasteiger charge is -2.11. The summed E-state index contributed by atoms with van der Waals surface area (Å²) in [6.07, 6.45) is -3.07. The predicted octanol–water partition coefficient (Wildman–Crippen LogP) is 3.86. The van der Waals surface area contributed by atoms with E-state index in [0.29, 0.717) is 29.1 Å². The molecule has 9 heteroatoms. The number of benzene rings is 1. The lowest BCUT2D eigenvalue weighted by molar-refractivity contribution is -0.137. The van der Waals surface area contributed by atoms with Crippen LogP contribution < -0.4 is 5.32 Å². The SMILES string of the molecule is CNC(=O)c1ccc(Cn2nc(C)c(-c3ccc(C#N)c(C(F)(F)F)c3)c2C)cn1. The summed E-state index contributed by atoms with van der Waals surface area (Å²) in [5, 5.41) is 15.9. The van der Waals surface area contributed by atoms with Crippen LogP contribution in [0.1, 0.15) is 38.6 Å². The zero-order chi connectivity index (χ0) is 22.1. The van der Waals surface area contributed by atoms with Gasteiger partial charge in [-0.05, 0) is 43.2 Å². The van der Waals surface area contributed by atoms with E-state index in [1.54, 1.807) is 42.9 Å². The van der Waals surface area contributed by atoms with E-state index in [2.05, 4.69) is 15.4 Å². The van der Waals surface area contributed by atoms with E-state index in [1.165, 1.54) is 19.2 Å². The number of halogens is 3. The molecule has 1 amide bonds. The van der Waals surface area contributed by atoms with E-state index < -0.39 is 17.3 Å². The maximum absolute atomic E-state index is 13.3. The van der Waals surface area contributed by atoms with E-state index in [0.717, 1.165) is 11.6 Å². The minimum Gasteiger partial charge on any atom is -0.354 e. The predicted molar refractivity (Wildman–Crippen MR) is 104 cm³/mol. The number of hydrogen-bond acceptors (Lipinski definition) is 4. The van der Waals surface area contributed by atoms with Crippen LogP contribution in [0.3, 0.4) is 0 Å². The maximum atomic E-state index is 13.3. The number of aromatic nitrogens is 3. The molecule has 2 aromatic heterocycles. The zero-order valence-electron chi connectivity index (χ0n) is 16.5. The van der Waals surface area contributed by atoms with Crippen molar-refractivity contribution in [2.75, 3.05) is 7.05 Å². The van der Waals surface area contributed by atoms with Crippen molar-refractivity contribution in [3.05, 3.63) is 70.3 Å². The van der Waals surface area contributed by atoms with Gasteiger partial charge in [0, 0.05) is 24.5 Å². The van der Waals surface area contributed by atoms with Crippen LogP contribution >= 0.6 is 0 Å². The molecule has 3 aromatic rings. The lowest BCUT2D eigenvalue weighted by Crippen LogP contribution is -2.19. The third kappa shape index (κ3) is 4.03. The van der Waals surface area contributed by atoms with E-state index in [9.17, 15) is 18.0 Å². The van der Waals surface area contributed by atoms with Gasteiger partial charge in [-0.3, -0.25) is 14.5 Å². The summed E-state index contributed by atoms with van der Waals surface area (Å²) in [6, 6.07) is 8.59. The molecule has 0 radical (unpaired) electrons. The Morgan fingerprint density at radius 3 is 2.53 bits per heavy atom. The maximum Gasteiger partial charge on any atom is 0.417 e. The van der Waals surface area contributed by atoms with Crippen LogP contribution in [0.15, 0.2) is 36.5 Å². The van der Waals surface area contributed by atoms with E-state index in [-0.39, 0.29) is 11.6 Å². The summed E-state index contributed by atoms with van der Waals surface area (Å²) < 4.78 is 41.7. The van der Waals surface area contributed by atoms with Gasteiger partial charge in [0.1, 0.15) is 5.69 Å². The molecule has 1 aromatic carbocycles. The quantitative estimate of drug-likeness (QED) is 0.704. The molecule has 0 unspecified atom stereocenters. The number of carbonyl (C=O) groups excluding carboxylic acids is 1. The summed E-state index contributed by atoms with van der Waals surface area (Å²) in [4.78, 5) is 15.7. The molecule has 1 N–H and O–H groups in total. The number of nitrogens with zero attached hydrogens (tertiary/aromatic N) is 4. The smallest absolute Gasteiger partial charge is 0.354 e. The molecule has 154 valence electrons. The Kier molecular flexibility index (Phi) is 5.60. The van der Waals surface area contributed by atoms with Crippen LogP contribution in [-0.2, 0) is 12.7 Å². The van der Waals surface area contributed by atoms with Crippen molar-refractivity contribution in [2.24, 2.45) is 0 Å². The van der Waals surface area contributed by atoms with Crippen molar-refractivity contribution in [1.29, 1.82) is 5.26 Å². The molecular weight excluding hydrogens is 395 g/mol. The summed E-state index contributed by atoms with van der Waals surface area (Å²) in [6.45, 7) is 3.83. The van der Waals surface area contributed by atoms with Crippen LogP contribution in [0.25, 0.3) is 11.1 Å². The highest BCUT2D eigenvalue weighted by Crippen LogP contribution is 2.36. The van der Waals surface area contributed by atoms with E-state index in [1.807, 2.05) is 0 Å². The fraction of sp³-hybridized carbons (Fsp3) is 0.238. The van der Waals surface area contributed by atoms with Crippen LogP contribution in [0.5, 0.6) is 0 Å². The first-order valence-electron chi connectivity index (χ1n) is 8.98. The molecule has 0 saturated carbocycles. The second kappa shape index (κ2) is 7.99. The summed E-state index contributed by atoms with van der Waals surface area (Å²) >= 11 is 0. The van der Waals surface area contributed by atoms with Crippen molar-refractivity contribution < 1.29 is 18.0 Å². The number of rotatable bonds is 4. The molecule has 6 nitrogen and oxygen atoms in total. The number of pyridine rings is 1. The van der Waals surface area contributed by atoms with Gasteiger partial charge in [0.15, 0.2) is 0 Å². The Balaban J connectivity index is 1.97. The molecule has 2 heterocycles. The summed E-state index contributed by atoms with van der Waals surface area (Å²) in [7, 11) is 1.52. The highest BCUT2D eigenvalue weighted by molar-refractivity contribution is 5.91. The Labute approximate surface area is 171 Å². The van der Waals surface area contributed by atoms with E-state index in [4.69, 9.17) is 5.26 Å². The van der Waals surface area contributed by atoms with Crippen LogP contribution in [0, 0.1) is 25.2 Å². The Morgan fingerprint density at radius 2 is 1.97 bits per heavy atom. The molecule has 0 aliphatic rings. The lowest BCUT2D eigenvalue weighted by atomic mass is 9.98. The van der Waals surface area contributed by atoms with Crippen molar-refractivity contribution >= 4 is 5.91 Å². The van der Waals surface area contributed by atoms with Crippen molar-refractivity contribution in [1.82, 2.24) is 20.1 Å². The second-order valence-electron chi connectivity index (χ2n) is 6.70. The van der Waals surface area contributed by atoms with Gasteiger partial charge < -0.3 is 5.32 Å². The van der Waals surface area contributed by atoms with Gasteiger partial charge in [-0.25, -0.2) is 0 Å². The third-order valence-corrected chi connectivity index (χ3v) is 4.73. The van der Waals surface area contributed by atoms with Crippen LogP contribution in [0.4, 0.5) is 13.2 Å². The Bertz CT molecular complexity index is 1140. The van der Waals surface area contributed by atoms with Gasteiger partial charge >= 0.3 is 6.18 Å². The molecule has 0 aliphatic heterocycles. The number of aryl methyl sites for hydroxylation is 1. The van der Waals surface area contributed by atoms with Gasteiger partial charge in [0.05, 0.1) is 29.4 Å². The average Bonchev–Trinajstić information content (AvgIpc) is 2.99. The molecular formula is C21H18F3N5O. The average molecular weight is 413 g/mol. The van der Waals surface area contributed by atoms with Crippen LogP contribution in [0.2, 0.25) is 0 Å². The highest BCUT2D eigenvalue weighted by atomic mass is 19.4. The molecule has 0 atom stereocenters. The number of alkyl halides is 3. The molecule has 0 aliphatic carbocycles. The summed E-state index contributed by atoms with van der Waals surface area (Å²) in [5.74, 6) is -0.295. The fourth-order valence-electron chi connectivity index (χ4n) is 3.25. The third-order valence-electron chi connectivity index (χ3n) is 4.73. The molecule has 0 saturated heterocycles. The number of hydrogen-bond donors (Lipinski definition) is 1. The van der Waals surface area contributed by atoms with Crippen molar-refractivity contribution in [3.8, 4) is 17.2 Å². The monoisotopic (exact) mass is 413 g/mol. The molecule has 0 fully saturated rings. The van der Waals surface area contributed by atoms with Gasteiger partial charge in [-0.1, -0.05) is 12.1 Å². The van der Waals surface area contributed by atoms with Crippen molar-refractivity contribution in [3.63, 3.8) is 0 Å². The second-order valence-corrected chi connectivity index (χ2v) is 6.70. The minimum atomic E-state index is -4.63. The fourth-order valence-corrected chi connectivity index (χ4v) is 3.25. The first kappa shape index (κ1) is 21.0. The van der Waals surface area contributed by atoms with Gasteiger partial charge in [-0.2, -0.15) is 23.5 Å². The number of amides is 1. The Morgan fingerprint density at radius 1 is 1.23 bits per heavy atom. The van der Waals surface area contributed by atoms with Gasteiger partial charge in [0.2, 0.25) is 0 Å². The first-order chi connectivity index (χ1) is 14.2. The standard InChI is InChI=1S/C21H18F3N5O/c1-12-19(15-5-6-16(9-25)17(8-15)21(22,23)24)13(2)29(28-12)11-14-4-7-18(27-10-14)20(30)26-3/h4-8,10H,11H2,1-3H3,(H,26,30). The Hall–Kier alpha value is -3.67. The normalized spacial score (nSPS) is 11.2. The van der Waals surface area contributed by atoms with Crippen LogP contribution in [-0.4, -0.2) is 27.7 Å². The topological polar surface area (TPSA) is 83.6 Å². The first-order valence-corrected chi connectivity index (χ1v) is 8.98. The van der Waals surface area contributed by atoms with Crippen molar-refractivity contribution in [2.45, 2.75) is 26.6 Å². The zero-order valence-corrected chi connectivity index (χ0v) is 16.5. The number of nitrogens with one attached hydrogen (secondary N) is 1. The molecule has 3 rings (SSSR count). The van der Waals surface area contributed by atoms with Gasteiger partial charge in [0.25, 0.3) is 5.91 Å². The minimum absolute atomic E-state index is 0.285. The highest BCUT2D eigenvalue weighted by Gasteiger charge is 2.34. The largest absolute Gasteiger partial charge is 0.417 e. The van der Waals surface area contributed by atoms with E-state index >= 15 is 0 Å². The number of carbonyl (C=O) groups is 1. The molecule has 30 heavy (non-hydrogen) atoms. The molecule has 0 spiro atoms. The van der Waals surface area contributed by atoms with Gasteiger partial charge in [-0.15, -0.1) is 0 Å². The molecule has 0 bridgehead atoms. The number of nitriles is 1.